The summed E-state index contributed by atoms with van der Waals surface area (Å²) >= 11 is 0. The Morgan fingerprint density at radius 3 is 2.18 bits per heavy atom. The number of hydrogen-bond acceptors (Lipinski definition) is 3. The molecule has 0 aromatic rings. The van der Waals surface area contributed by atoms with Gasteiger partial charge in [-0.15, -0.1) is 5.06 Å². The lowest BCUT2D eigenvalue weighted by atomic mass is 9.82. The Morgan fingerprint density at radius 1 is 1.18 bits per heavy atom. The quantitative estimate of drug-likeness (QED) is 0.752. The lowest BCUT2D eigenvalue weighted by molar-refractivity contribution is -0.265. The molecule has 0 amide bonds. The van der Waals surface area contributed by atoms with Crippen LogP contribution in [-0.4, -0.2) is 22.1 Å². The second kappa shape index (κ2) is 5.38. The molecule has 1 aliphatic heterocycles. The molecule has 0 aromatic carbocycles. The molecule has 1 fully saturated rings. The van der Waals surface area contributed by atoms with Crippen molar-refractivity contribution in [1.29, 1.82) is 0 Å². The molecule has 0 radical (unpaired) electrons. The van der Waals surface area contributed by atoms with E-state index >= 15 is 0 Å². The van der Waals surface area contributed by atoms with E-state index in [1.54, 1.807) is 0 Å². The Hall–Kier alpha value is -0.570. The van der Waals surface area contributed by atoms with Gasteiger partial charge in [0.15, 0.2) is 0 Å². The van der Waals surface area contributed by atoms with E-state index in [4.69, 9.17) is 4.84 Å². The maximum Gasteiger partial charge on any atom is 0.325 e. The van der Waals surface area contributed by atoms with Crippen LogP contribution >= 0.6 is 0 Å². The lowest BCUT2D eigenvalue weighted by Crippen LogP contribution is -2.58. The number of unbranched alkanes of at least 4 members (excludes halogenated alkanes) is 1. The molecule has 1 aliphatic rings. The van der Waals surface area contributed by atoms with Crippen LogP contribution < -0.4 is 0 Å². The topological polar surface area (TPSA) is 29.5 Å². The predicted octanol–water partition coefficient (Wildman–Crippen LogP) is 3.68. The Kier molecular flexibility index (Phi) is 4.59. The molecule has 0 atom stereocenters. The third-order valence-corrected chi connectivity index (χ3v) is 3.60. The highest BCUT2D eigenvalue weighted by molar-refractivity contribution is 5.69. The van der Waals surface area contributed by atoms with Crippen LogP contribution in [0.4, 0.5) is 0 Å². The van der Waals surface area contributed by atoms with Crippen LogP contribution in [0.2, 0.25) is 0 Å². The fourth-order valence-electron chi connectivity index (χ4n) is 2.69. The number of hydroxylamine groups is 2. The number of nitrogens with zero attached hydrogens (tertiary/aromatic N) is 1. The van der Waals surface area contributed by atoms with Gasteiger partial charge in [0.1, 0.15) is 0 Å². The van der Waals surface area contributed by atoms with Gasteiger partial charge in [-0.25, -0.2) is 0 Å². The Labute approximate surface area is 105 Å². The van der Waals surface area contributed by atoms with Gasteiger partial charge in [-0.3, -0.25) is 4.79 Å². The van der Waals surface area contributed by atoms with Crippen molar-refractivity contribution in [3.8, 4) is 0 Å². The van der Waals surface area contributed by atoms with Crippen molar-refractivity contribution in [2.24, 2.45) is 0 Å². The van der Waals surface area contributed by atoms with Crippen molar-refractivity contribution >= 4 is 5.97 Å². The molecule has 0 N–H and O–H groups in total. The number of rotatable bonds is 4. The first-order chi connectivity index (χ1) is 7.79. The van der Waals surface area contributed by atoms with Gasteiger partial charge in [0.25, 0.3) is 0 Å². The van der Waals surface area contributed by atoms with Gasteiger partial charge in [0.2, 0.25) is 0 Å². The molecule has 0 bridgehead atoms. The van der Waals surface area contributed by atoms with Crippen molar-refractivity contribution < 1.29 is 9.63 Å². The van der Waals surface area contributed by atoms with Crippen molar-refractivity contribution in [1.82, 2.24) is 5.06 Å². The predicted molar refractivity (Wildman–Crippen MR) is 69.5 cm³/mol. The molecule has 17 heavy (non-hydrogen) atoms. The molecule has 1 rings (SSSR count). The minimum absolute atomic E-state index is 0.0520. The van der Waals surface area contributed by atoms with E-state index < -0.39 is 0 Å². The van der Waals surface area contributed by atoms with Crippen molar-refractivity contribution in [3.05, 3.63) is 0 Å². The summed E-state index contributed by atoms with van der Waals surface area (Å²) in [6, 6.07) is 0. The number of carbonyl (C=O) groups is 1. The van der Waals surface area contributed by atoms with Gasteiger partial charge in [0.05, 0.1) is 11.1 Å². The summed E-state index contributed by atoms with van der Waals surface area (Å²) in [5.74, 6) is -0.0881. The van der Waals surface area contributed by atoms with Gasteiger partial charge in [-0.05, 0) is 53.4 Å². The summed E-state index contributed by atoms with van der Waals surface area (Å²) in [4.78, 5) is 17.4. The fourth-order valence-corrected chi connectivity index (χ4v) is 2.69. The van der Waals surface area contributed by atoms with E-state index in [9.17, 15) is 4.79 Å². The Balaban J connectivity index is 2.67. The highest BCUT2D eigenvalue weighted by atomic mass is 16.7. The second-order valence-electron chi connectivity index (χ2n) is 6.34. The van der Waals surface area contributed by atoms with E-state index in [0.717, 1.165) is 25.7 Å². The number of carbonyl (C=O) groups excluding carboxylic acids is 1. The first-order valence-corrected chi connectivity index (χ1v) is 6.81. The lowest BCUT2D eigenvalue weighted by Gasteiger charge is -2.50. The van der Waals surface area contributed by atoms with E-state index in [1.807, 2.05) is 5.06 Å². The fraction of sp³-hybridized carbons (Fsp3) is 0.929. The monoisotopic (exact) mass is 241 g/mol. The van der Waals surface area contributed by atoms with Crippen LogP contribution in [0.5, 0.6) is 0 Å². The smallest absolute Gasteiger partial charge is 0.325 e. The zero-order valence-corrected chi connectivity index (χ0v) is 12.0. The Morgan fingerprint density at radius 2 is 1.71 bits per heavy atom. The summed E-state index contributed by atoms with van der Waals surface area (Å²) in [5, 5.41) is 1.93. The molecule has 0 aromatic heterocycles. The number of piperidine rings is 1. The molecule has 0 spiro atoms. The van der Waals surface area contributed by atoms with Crippen molar-refractivity contribution in [3.63, 3.8) is 0 Å². The second-order valence-corrected chi connectivity index (χ2v) is 6.34. The maximum atomic E-state index is 11.8. The maximum absolute atomic E-state index is 11.8. The first kappa shape index (κ1) is 14.5. The van der Waals surface area contributed by atoms with Crippen LogP contribution in [-0.2, 0) is 9.63 Å². The summed E-state index contributed by atoms with van der Waals surface area (Å²) in [6.45, 7) is 10.7. The molecular formula is C14H27NO2. The minimum Gasteiger partial charge on any atom is -0.367 e. The average Bonchev–Trinajstić information content (AvgIpc) is 2.20. The van der Waals surface area contributed by atoms with Crippen LogP contribution in [0.3, 0.4) is 0 Å². The van der Waals surface area contributed by atoms with Crippen LogP contribution in [0, 0.1) is 0 Å². The van der Waals surface area contributed by atoms with Gasteiger partial charge in [-0.2, -0.15) is 0 Å². The third kappa shape index (κ3) is 3.70. The Bertz CT molecular complexity index is 255. The molecule has 1 heterocycles. The van der Waals surface area contributed by atoms with E-state index in [-0.39, 0.29) is 17.0 Å². The SMILES string of the molecule is CCCCC(=O)ON1C(C)(C)CCCC1(C)C. The van der Waals surface area contributed by atoms with Gasteiger partial charge < -0.3 is 4.84 Å². The standard InChI is InChI=1S/C14H27NO2/c1-6-7-9-12(16)17-15-13(2,3)10-8-11-14(15,4)5/h6-11H2,1-5H3. The van der Waals surface area contributed by atoms with Crippen LogP contribution in [0.15, 0.2) is 0 Å². The molecule has 0 unspecified atom stereocenters. The highest BCUT2D eigenvalue weighted by Crippen LogP contribution is 2.38. The largest absolute Gasteiger partial charge is 0.367 e. The first-order valence-electron chi connectivity index (χ1n) is 6.81. The van der Waals surface area contributed by atoms with E-state index in [2.05, 4.69) is 34.6 Å². The summed E-state index contributed by atoms with van der Waals surface area (Å²) in [6.07, 6.45) is 5.83. The average molecular weight is 241 g/mol. The van der Waals surface area contributed by atoms with Gasteiger partial charge in [-0.1, -0.05) is 13.3 Å². The van der Waals surface area contributed by atoms with Crippen LogP contribution in [0.1, 0.15) is 73.1 Å². The molecule has 3 nitrogen and oxygen atoms in total. The summed E-state index contributed by atoms with van der Waals surface area (Å²) < 4.78 is 0. The zero-order valence-electron chi connectivity index (χ0n) is 12.0. The molecule has 0 aliphatic carbocycles. The van der Waals surface area contributed by atoms with Crippen molar-refractivity contribution in [2.75, 3.05) is 0 Å². The minimum atomic E-state index is -0.0881. The molecule has 100 valence electrons. The zero-order chi connectivity index (χ0) is 13.1. The van der Waals surface area contributed by atoms with Gasteiger partial charge >= 0.3 is 5.97 Å². The van der Waals surface area contributed by atoms with Crippen LogP contribution in [0.25, 0.3) is 0 Å². The highest BCUT2D eigenvalue weighted by Gasteiger charge is 2.44. The molecule has 1 saturated heterocycles. The number of hydrogen-bond donors (Lipinski definition) is 0. The third-order valence-electron chi connectivity index (χ3n) is 3.60. The van der Waals surface area contributed by atoms with E-state index in [0.29, 0.717) is 6.42 Å². The van der Waals surface area contributed by atoms with Gasteiger partial charge in [0, 0.05) is 6.42 Å². The van der Waals surface area contributed by atoms with Crippen molar-refractivity contribution in [2.45, 2.75) is 84.2 Å². The summed E-state index contributed by atoms with van der Waals surface area (Å²) in [5.41, 5.74) is -0.104. The van der Waals surface area contributed by atoms with E-state index in [1.165, 1.54) is 6.42 Å². The molecule has 3 heteroatoms. The summed E-state index contributed by atoms with van der Waals surface area (Å²) in [7, 11) is 0. The molecule has 0 saturated carbocycles. The normalized spacial score (nSPS) is 23.4. The molecular weight excluding hydrogens is 214 g/mol.